The fourth-order valence-electron chi connectivity index (χ4n) is 1.70. The van der Waals surface area contributed by atoms with E-state index in [4.69, 9.17) is 14.6 Å². The minimum Gasteiger partial charge on any atom is -0.394 e. The molecule has 0 heterocycles. The monoisotopic (exact) mass is 258 g/mol. The quantitative estimate of drug-likeness (QED) is 0.330. The number of carbonyl (C=O) groups excluding carboxylic acids is 1. The molecule has 0 aliphatic heterocycles. The summed E-state index contributed by atoms with van der Waals surface area (Å²) >= 11 is 0. The number of hydrogen-bond donors (Lipinski definition) is 1. The molecule has 0 aliphatic rings. The van der Waals surface area contributed by atoms with E-state index in [2.05, 4.69) is 13.5 Å². The lowest BCUT2D eigenvalue weighted by Gasteiger charge is -2.32. The molecule has 0 saturated carbocycles. The van der Waals surface area contributed by atoms with Crippen LogP contribution in [0.25, 0.3) is 0 Å². The molecule has 4 nitrogen and oxygen atoms in total. The Hall–Kier alpha value is -0.710. The van der Waals surface area contributed by atoms with Crippen LogP contribution in [0.15, 0.2) is 12.7 Å². The number of aliphatic hydroxyl groups excluding tert-OH is 1. The Morgan fingerprint density at radius 2 is 2.11 bits per heavy atom. The van der Waals surface area contributed by atoms with E-state index in [1.54, 1.807) is 6.08 Å². The Morgan fingerprint density at radius 3 is 2.56 bits per heavy atom. The second-order valence-electron chi connectivity index (χ2n) is 4.30. The van der Waals surface area contributed by atoms with Gasteiger partial charge in [0.2, 0.25) is 0 Å². The van der Waals surface area contributed by atoms with Gasteiger partial charge in [0, 0.05) is 6.61 Å². The number of carbonyl (C=O) groups is 1. The Bertz CT molecular complexity index is 220. The molecule has 0 aromatic carbocycles. The number of aldehydes is 1. The van der Waals surface area contributed by atoms with Crippen molar-refractivity contribution >= 4 is 6.29 Å². The van der Waals surface area contributed by atoms with Crippen molar-refractivity contribution in [3.8, 4) is 0 Å². The van der Waals surface area contributed by atoms with Crippen molar-refractivity contribution in [3.63, 3.8) is 0 Å². The zero-order valence-corrected chi connectivity index (χ0v) is 11.6. The van der Waals surface area contributed by atoms with Crippen molar-refractivity contribution in [2.45, 2.75) is 39.2 Å². The van der Waals surface area contributed by atoms with Gasteiger partial charge in [-0.25, -0.2) is 0 Å². The number of unbranched alkanes of at least 4 members (excludes halogenated alkanes) is 1. The third-order valence-corrected chi connectivity index (χ3v) is 3.13. The minimum absolute atomic E-state index is 0.0682. The normalized spacial score (nSPS) is 15.9. The SMILES string of the molecule is C=CC(C=O)(CC)C(COCCCC)OCCO. The molecular weight excluding hydrogens is 232 g/mol. The van der Waals surface area contributed by atoms with Crippen LogP contribution in [0.2, 0.25) is 0 Å². The van der Waals surface area contributed by atoms with Gasteiger partial charge in [-0.2, -0.15) is 0 Å². The van der Waals surface area contributed by atoms with Crippen LogP contribution < -0.4 is 0 Å². The first-order valence-corrected chi connectivity index (χ1v) is 6.60. The molecule has 0 bridgehead atoms. The summed E-state index contributed by atoms with van der Waals surface area (Å²) in [6, 6.07) is 0. The van der Waals surface area contributed by atoms with Crippen LogP contribution in [-0.4, -0.2) is 43.9 Å². The second-order valence-corrected chi connectivity index (χ2v) is 4.30. The van der Waals surface area contributed by atoms with Crippen LogP contribution in [-0.2, 0) is 14.3 Å². The molecule has 18 heavy (non-hydrogen) atoms. The summed E-state index contributed by atoms with van der Waals surface area (Å²) in [7, 11) is 0. The maximum atomic E-state index is 11.3. The zero-order valence-electron chi connectivity index (χ0n) is 11.6. The van der Waals surface area contributed by atoms with Gasteiger partial charge in [0.15, 0.2) is 0 Å². The van der Waals surface area contributed by atoms with Gasteiger partial charge in [-0.05, 0) is 12.8 Å². The van der Waals surface area contributed by atoms with E-state index in [1.807, 2.05) is 6.92 Å². The Kier molecular flexibility index (Phi) is 9.83. The first kappa shape index (κ1) is 17.3. The molecule has 2 unspecified atom stereocenters. The average molecular weight is 258 g/mol. The lowest BCUT2D eigenvalue weighted by molar-refractivity contribution is -0.128. The van der Waals surface area contributed by atoms with Crippen molar-refractivity contribution in [2.75, 3.05) is 26.4 Å². The maximum absolute atomic E-state index is 11.3. The van der Waals surface area contributed by atoms with Crippen LogP contribution in [0.1, 0.15) is 33.1 Å². The molecule has 106 valence electrons. The highest BCUT2D eigenvalue weighted by atomic mass is 16.5. The van der Waals surface area contributed by atoms with Crippen molar-refractivity contribution in [3.05, 3.63) is 12.7 Å². The molecule has 0 aliphatic carbocycles. The topological polar surface area (TPSA) is 55.8 Å². The molecule has 0 amide bonds. The Morgan fingerprint density at radius 1 is 1.39 bits per heavy atom. The highest BCUT2D eigenvalue weighted by Gasteiger charge is 2.35. The smallest absolute Gasteiger partial charge is 0.132 e. The lowest BCUT2D eigenvalue weighted by Crippen LogP contribution is -2.40. The fourth-order valence-corrected chi connectivity index (χ4v) is 1.70. The van der Waals surface area contributed by atoms with Crippen molar-refractivity contribution in [2.24, 2.45) is 5.41 Å². The Balaban J connectivity index is 4.52. The highest BCUT2D eigenvalue weighted by Crippen LogP contribution is 2.28. The van der Waals surface area contributed by atoms with Gasteiger partial charge in [0.25, 0.3) is 0 Å². The van der Waals surface area contributed by atoms with E-state index >= 15 is 0 Å². The van der Waals surface area contributed by atoms with E-state index in [9.17, 15) is 4.79 Å². The van der Waals surface area contributed by atoms with E-state index in [1.165, 1.54) is 0 Å². The largest absolute Gasteiger partial charge is 0.394 e. The number of ether oxygens (including phenoxy) is 2. The summed E-state index contributed by atoms with van der Waals surface area (Å²) in [5.41, 5.74) is -0.735. The fraction of sp³-hybridized carbons (Fsp3) is 0.786. The third-order valence-electron chi connectivity index (χ3n) is 3.13. The summed E-state index contributed by atoms with van der Waals surface area (Å²) in [6.45, 7) is 8.86. The molecule has 0 aromatic rings. The number of hydrogen-bond acceptors (Lipinski definition) is 4. The summed E-state index contributed by atoms with van der Waals surface area (Å²) < 4.78 is 11.1. The third kappa shape index (κ3) is 5.29. The van der Waals surface area contributed by atoms with Crippen LogP contribution in [0.3, 0.4) is 0 Å². The first-order valence-electron chi connectivity index (χ1n) is 6.60. The zero-order chi connectivity index (χ0) is 13.9. The van der Waals surface area contributed by atoms with Gasteiger partial charge in [-0.15, -0.1) is 6.58 Å². The van der Waals surface area contributed by atoms with Gasteiger partial charge >= 0.3 is 0 Å². The first-order chi connectivity index (χ1) is 8.70. The number of aliphatic hydroxyl groups is 1. The number of rotatable bonds is 12. The summed E-state index contributed by atoms with van der Waals surface area (Å²) in [5, 5.41) is 8.83. The van der Waals surface area contributed by atoms with Gasteiger partial charge in [0.1, 0.15) is 6.29 Å². The van der Waals surface area contributed by atoms with Gasteiger partial charge in [-0.1, -0.05) is 26.3 Å². The van der Waals surface area contributed by atoms with Crippen molar-refractivity contribution < 1.29 is 19.4 Å². The molecule has 1 N–H and O–H groups in total. The lowest BCUT2D eigenvalue weighted by atomic mass is 9.81. The van der Waals surface area contributed by atoms with Gasteiger partial charge in [0.05, 0.1) is 31.3 Å². The van der Waals surface area contributed by atoms with Crippen molar-refractivity contribution in [1.82, 2.24) is 0 Å². The van der Waals surface area contributed by atoms with E-state index in [0.717, 1.165) is 19.1 Å². The molecule has 0 saturated heterocycles. The van der Waals surface area contributed by atoms with Crippen LogP contribution >= 0.6 is 0 Å². The maximum Gasteiger partial charge on any atom is 0.132 e. The van der Waals surface area contributed by atoms with Crippen LogP contribution in [0.5, 0.6) is 0 Å². The predicted octanol–water partition coefficient (Wildman–Crippen LogP) is 1.96. The van der Waals surface area contributed by atoms with Gasteiger partial charge < -0.3 is 19.4 Å². The molecule has 4 heteroatoms. The molecule has 2 atom stereocenters. The molecule has 0 fully saturated rings. The highest BCUT2D eigenvalue weighted by molar-refractivity contribution is 5.63. The van der Waals surface area contributed by atoms with Crippen molar-refractivity contribution in [1.29, 1.82) is 0 Å². The van der Waals surface area contributed by atoms with E-state index < -0.39 is 5.41 Å². The van der Waals surface area contributed by atoms with Crippen LogP contribution in [0.4, 0.5) is 0 Å². The Labute approximate surface area is 110 Å². The summed E-state index contributed by atoms with van der Waals surface area (Å²) in [5.74, 6) is 0. The van der Waals surface area contributed by atoms with E-state index in [-0.39, 0.29) is 19.3 Å². The minimum atomic E-state index is -0.735. The summed E-state index contributed by atoms with van der Waals surface area (Å²) in [6.07, 6.45) is 4.75. The molecule has 0 radical (unpaired) electrons. The molecular formula is C14H26O4. The standard InChI is InChI=1S/C14H26O4/c1-4-7-9-17-11-13(18-10-8-15)14(5-2,6-3)12-16/h5,12-13,15H,2,4,6-11H2,1,3H3. The van der Waals surface area contributed by atoms with E-state index in [0.29, 0.717) is 19.6 Å². The van der Waals surface area contributed by atoms with Crippen LogP contribution in [0, 0.1) is 5.41 Å². The average Bonchev–Trinajstić information content (AvgIpc) is 2.42. The summed E-state index contributed by atoms with van der Waals surface area (Å²) in [4.78, 5) is 11.3. The molecule has 0 spiro atoms. The molecule has 0 aromatic heterocycles. The second kappa shape index (κ2) is 10.2. The van der Waals surface area contributed by atoms with Gasteiger partial charge in [-0.3, -0.25) is 0 Å². The molecule has 0 rings (SSSR count). The predicted molar refractivity (Wildman–Crippen MR) is 71.5 cm³/mol.